The van der Waals surface area contributed by atoms with Crippen molar-refractivity contribution in [2.75, 3.05) is 0 Å². The molecule has 0 unspecified atom stereocenters. The van der Waals surface area contributed by atoms with E-state index in [0.29, 0.717) is 17.9 Å². The van der Waals surface area contributed by atoms with Crippen molar-refractivity contribution in [2.24, 2.45) is 23.2 Å². The number of allylic oxidation sites excluding steroid dienone is 1. The van der Waals surface area contributed by atoms with Gasteiger partial charge in [-0.15, -0.1) is 0 Å². The summed E-state index contributed by atoms with van der Waals surface area (Å²) in [6.45, 7) is 19.3. The van der Waals surface area contributed by atoms with Gasteiger partial charge in [0.2, 0.25) is 11.5 Å². The number of carbonyl (C=O) groups is 1. The first-order valence-corrected chi connectivity index (χ1v) is 16.1. The van der Waals surface area contributed by atoms with Crippen LogP contribution in [0.25, 0.3) is 0 Å². The second-order valence-corrected chi connectivity index (χ2v) is 17.8. The van der Waals surface area contributed by atoms with E-state index >= 15 is 0 Å². The minimum absolute atomic E-state index is 0.0164. The fraction of sp³-hybridized carbons (Fsp3) is 0.889. The Labute approximate surface area is 201 Å². The number of ether oxygens (including phenoxy) is 2. The van der Waals surface area contributed by atoms with Gasteiger partial charge < -0.3 is 19.0 Å². The van der Waals surface area contributed by atoms with Crippen molar-refractivity contribution in [2.45, 2.75) is 129 Å². The third-order valence-corrected chi connectivity index (χ3v) is 13.9. The predicted molar refractivity (Wildman–Crippen MR) is 132 cm³/mol. The molecular weight excluding hydrogens is 432 g/mol. The minimum Gasteiger partial charge on any atom is -0.488 e. The van der Waals surface area contributed by atoms with Gasteiger partial charge in [-0.05, 0) is 83.3 Å². The highest BCUT2D eigenvalue weighted by molar-refractivity contribution is 6.74. The molecule has 0 heterocycles. The highest BCUT2D eigenvalue weighted by Crippen LogP contribution is 2.73. The Balaban J connectivity index is 1.82. The maximum absolute atomic E-state index is 14.2. The lowest BCUT2D eigenvalue weighted by Crippen LogP contribution is -2.52. The Morgan fingerprint density at radius 1 is 0.970 bits per heavy atom. The SMILES string of the molecule is CC(C)OC1=C(OC(C)C)[C@]2(O)[C@@H]3CCC[C@@H](O[Si](C)(C)C(C)(C)C)[C@@H]3[C@H]3CCC[C@]32C1=O. The first kappa shape index (κ1) is 25.2. The number of hydrogen-bond acceptors (Lipinski definition) is 5. The molecule has 0 aromatic rings. The topological polar surface area (TPSA) is 65.0 Å². The van der Waals surface area contributed by atoms with Gasteiger partial charge in [0.15, 0.2) is 14.1 Å². The van der Waals surface area contributed by atoms with Gasteiger partial charge in [-0.1, -0.05) is 33.6 Å². The van der Waals surface area contributed by atoms with Gasteiger partial charge in [0, 0.05) is 12.0 Å². The summed E-state index contributed by atoms with van der Waals surface area (Å²) in [5, 5.41) is 12.8. The molecule has 0 bridgehead atoms. The van der Waals surface area contributed by atoms with Crippen LogP contribution in [0.1, 0.15) is 87.0 Å². The van der Waals surface area contributed by atoms with Crippen molar-refractivity contribution in [3.8, 4) is 0 Å². The highest BCUT2D eigenvalue weighted by atomic mass is 28.4. The lowest BCUT2D eigenvalue weighted by atomic mass is 9.68. The minimum atomic E-state index is -1.99. The number of fused-ring (bicyclic) bond motifs is 3. The lowest BCUT2D eigenvalue weighted by molar-refractivity contribution is -0.143. The van der Waals surface area contributed by atoms with Crippen LogP contribution in [0.3, 0.4) is 0 Å². The summed E-state index contributed by atoms with van der Waals surface area (Å²) in [5.41, 5.74) is -2.12. The van der Waals surface area contributed by atoms with Gasteiger partial charge in [-0.25, -0.2) is 0 Å². The van der Waals surface area contributed by atoms with E-state index < -0.39 is 19.3 Å². The predicted octanol–water partition coefficient (Wildman–Crippen LogP) is 5.97. The summed E-state index contributed by atoms with van der Waals surface area (Å²) >= 11 is 0. The van der Waals surface area contributed by atoms with E-state index in [4.69, 9.17) is 13.9 Å². The molecule has 0 radical (unpaired) electrons. The molecule has 3 fully saturated rings. The molecule has 1 N–H and O–H groups in total. The monoisotopic (exact) mass is 478 g/mol. The van der Waals surface area contributed by atoms with Crippen LogP contribution in [0.5, 0.6) is 0 Å². The molecule has 0 amide bonds. The first-order valence-electron chi connectivity index (χ1n) is 13.2. The maximum atomic E-state index is 14.2. The number of aliphatic hydroxyl groups is 1. The van der Waals surface area contributed by atoms with Gasteiger partial charge in [0.1, 0.15) is 5.60 Å². The van der Waals surface area contributed by atoms with Crippen LogP contribution in [-0.2, 0) is 18.7 Å². The second kappa shape index (κ2) is 8.09. The van der Waals surface area contributed by atoms with E-state index in [2.05, 4.69) is 33.9 Å². The lowest BCUT2D eigenvalue weighted by Gasteiger charge is -2.46. The zero-order valence-corrected chi connectivity index (χ0v) is 23.3. The fourth-order valence-electron chi connectivity index (χ4n) is 7.29. The van der Waals surface area contributed by atoms with Crippen LogP contribution in [0.4, 0.5) is 0 Å². The standard InChI is InChI=1S/C27H46O5Si/c1-16(2)30-22-23(28)26-15-11-13-18(26)21-19(27(26,29)24(22)31-17(3)4)12-10-14-20(21)32-33(8,9)25(5,6)7/h16-21,29H,10-15H2,1-9H3/t18-,19-,20-,21-,26-,27-/m1/s1. The molecule has 4 aliphatic rings. The molecule has 6 heteroatoms. The molecule has 0 saturated heterocycles. The molecule has 4 rings (SSSR count). The molecule has 0 aromatic heterocycles. The summed E-state index contributed by atoms with van der Waals surface area (Å²) in [7, 11) is -1.99. The van der Waals surface area contributed by atoms with Crippen molar-refractivity contribution in [3.63, 3.8) is 0 Å². The van der Waals surface area contributed by atoms with E-state index in [1.165, 1.54) is 0 Å². The Bertz CT molecular complexity index is 825. The van der Waals surface area contributed by atoms with Gasteiger partial charge >= 0.3 is 0 Å². The van der Waals surface area contributed by atoms with Crippen LogP contribution in [-0.4, -0.2) is 43.1 Å². The average molecular weight is 479 g/mol. The average Bonchev–Trinajstić information content (AvgIpc) is 3.25. The largest absolute Gasteiger partial charge is 0.488 e. The van der Waals surface area contributed by atoms with Crippen LogP contribution < -0.4 is 0 Å². The van der Waals surface area contributed by atoms with E-state index in [-0.39, 0.29) is 46.9 Å². The molecule has 3 saturated carbocycles. The smallest absolute Gasteiger partial charge is 0.210 e. The zero-order valence-electron chi connectivity index (χ0n) is 22.3. The van der Waals surface area contributed by atoms with Gasteiger partial charge in [0.05, 0.1) is 17.6 Å². The van der Waals surface area contributed by atoms with Crippen LogP contribution in [0, 0.1) is 23.2 Å². The maximum Gasteiger partial charge on any atom is 0.210 e. The molecule has 4 aliphatic carbocycles. The summed E-state index contributed by atoms with van der Waals surface area (Å²) in [5.74, 6) is 0.974. The normalized spacial score (nSPS) is 38.7. The van der Waals surface area contributed by atoms with E-state index in [9.17, 15) is 9.90 Å². The third kappa shape index (κ3) is 3.48. The van der Waals surface area contributed by atoms with Crippen molar-refractivity contribution in [1.29, 1.82) is 0 Å². The van der Waals surface area contributed by atoms with Crippen molar-refractivity contribution >= 4 is 14.1 Å². The molecule has 33 heavy (non-hydrogen) atoms. The molecule has 0 aliphatic heterocycles. The van der Waals surface area contributed by atoms with E-state index in [1.807, 2.05) is 27.7 Å². The summed E-state index contributed by atoms with van der Waals surface area (Å²) < 4.78 is 19.4. The fourth-order valence-corrected chi connectivity index (χ4v) is 8.67. The molecular formula is C27H46O5Si. The van der Waals surface area contributed by atoms with Crippen LogP contribution in [0.15, 0.2) is 11.5 Å². The summed E-state index contributed by atoms with van der Waals surface area (Å²) in [4.78, 5) is 14.2. The number of ketones is 1. The number of carbonyl (C=O) groups excluding carboxylic acids is 1. The van der Waals surface area contributed by atoms with Crippen LogP contribution in [0.2, 0.25) is 18.1 Å². The van der Waals surface area contributed by atoms with Crippen molar-refractivity contribution < 1.29 is 23.8 Å². The first-order chi connectivity index (χ1) is 15.2. The van der Waals surface area contributed by atoms with E-state index in [1.54, 1.807) is 0 Å². The molecule has 188 valence electrons. The Morgan fingerprint density at radius 3 is 2.15 bits per heavy atom. The van der Waals surface area contributed by atoms with Crippen LogP contribution >= 0.6 is 0 Å². The second-order valence-electron chi connectivity index (χ2n) is 13.1. The van der Waals surface area contributed by atoms with Crippen molar-refractivity contribution in [3.05, 3.63) is 11.5 Å². The Kier molecular flexibility index (Phi) is 6.19. The van der Waals surface area contributed by atoms with Gasteiger partial charge in [-0.3, -0.25) is 4.79 Å². The molecule has 6 atom stereocenters. The zero-order chi connectivity index (χ0) is 24.6. The number of Topliss-reactive ketones (excluding diaryl/α,β-unsaturated/α-hetero) is 1. The Morgan fingerprint density at radius 2 is 1.58 bits per heavy atom. The number of rotatable bonds is 6. The molecule has 5 nitrogen and oxygen atoms in total. The third-order valence-electron chi connectivity index (χ3n) is 9.42. The number of hydrogen-bond donors (Lipinski definition) is 1. The summed E-state index contributed by atoms with van der Waals surface area (Å²) in [6, 6.07) is 0. The van der Waals surface area contributed by atoms with Gasteiger partial charge in [-0.2, -0.15) is 0 Å². The molecule has 1 spiro atoms. The Hall–Kier alpha value is -0.853. The highest BCUT2D eigenvalue weighted by Gasteiger charge is 2.80. The van der Waals surface area contributed by atoms with Gasteiger partial charge in [0.25, 0.3) is 0 Å². The quantitative estimate of drug-likeness (QED) is 0.477. The van der Waals surface area contributed by atoms with Crippen molar-refractivity contribution in [1.82, 2.24) is 0 Å². The molecule has 0 aromatic carbocycles. The summed E-state index contributed by atoms with van der Waals surface area (Å²) in [6.07, 6.45) is 5.38. The van der Waals surface area contributed by atoms with E-state index in [0.717, 1.165) is 32.1 Å².